The van der Waals surface area contributed by atoms with E-state index in [1.807, 2.05) is 49.0 Å². The SMILES string of the molecule is Cc1nn(CC(C)C)c(C)c1CC(=O)N(C)Cc1ccccc1. The Morgan fingerprint density at radius 1 is 1.22 bits per heavy atom. The summed E-state index contributed by atoms with van der Waals surface area (Å²) >= 11 is 0. The summed E-state index contributed by atoms with van der Waals surface area (Å²) in [6.45, 7) is 9.92. The summed E-state index contributed by atoms with van der Waals surface area (Å²) in [5, 5.41) is 4.59. The maximum atomic E-state index is 12.5. The largest absolute Gasteiger partial charge is 0.341 e. The van der Waals surface area contributed by atoms with Gasteiger partial charge in [-0.05, 0) is 25.3 Å². The van der Waals surface area contributed by atoms with Gasteiger partial charge in [0.1, 0.15) is 0 Å². The molecule has 0 aliphatic rings. The Morgan fingerprint density at radius 2 is 1.87 bits per heavy atom. The third-order valence-corrected chi connectivity index (χ3v) is 4.09. The van der Waals surface area contributed by atoms with Gasteiger partial charge in [-0.3, -0.25) is 9.48 Å². The Morgan fingerprint density at radius 3 is 2.48 bits per heavy atom. The number of aromatic nitrogens is 2. The van der Waals surface area contributed by atoms with Crippen LogP contribution in [0, 0.1) is 19.8 Å². The number of rotatable bonds is 6. The van der Waals surface area contributed by atoms with Crippen molar-refractivity contribution in [2.75, 3.05) is 7.05 Å². The van der Waals surface area contributed by atoms with E-state index in [0.29, 0.717) is 18.9 Å². The van der Waals surface area contributed by atoms with Crippen LogP contribution in [0.25, 0.3) is 0 Å². The normalized spacial score (nSPS) is 11.0. The van der Waals surface area contributed by atoms with E-state index in [1.165, 1.54) is 0 Å². The van der Waals surface area contributed by atoms with Crippen molar-refractivity contribution < 1.29 is 4.79 Å². The molecule has 1 amide bonds. The number of benzene rings is 1. The number of carbonyl (C=O) groups is 1. The molecule has 0 saturated heterocycles. The lowest BCUT2D eigenvalue weighted by Gasteiger charge is -2.17. The smallest absolute Gasteiger partial charge is 0.227 e. The van der Waals surface area contributed by atoms with E-state index < -0.39 is 0 Å². The average Bonchev–Trinajstić information content (AvgIpc) is 2.75. The predicted octanol–water partition coefficient (Wildman–Crippen LogP) is 3.36. The van der Waals surface area contributed by atoms with Crippen LogP contribution in [0.1, 0.15) is 36.4 Å². The minimum Gasteiger partial charge on any atom is -0.341 e. The number of hydrogen-bond donors (Lipinski definition) is 0. The third kappa shape index (κ3) is 4.44. The van der Waals surface area contributed by atoms with E-state index in [9.17, 15) is 4.79 Å². The van der Waals surface area contributed by atoms with Crippen LogP contribution in [0.2, 0.25) is 0 Å². The fourth-order valence-corrected chi connectivity index (χ4v) is 2.75. The van der Waals surface area contributed by atoms with Gasteiger partial charge in [0, 0.05) is 31.4 Å². The van der Waals surface area contributed by atoms with Crippen molar-refractivity contribution in [2.24, 2.45) is 5.92 Å². The first-order chi connectivity index (χ1) is 10.9. The Bertz CT molecular complexity index is 659. The summed E-state index contributed by atoms with van der Waals surface area (Å²) in [7, 11) is 1.86. The van der Waals surface area contributed by atoms with Gasteiger partial charge < -0.3 is 4.90 Å². The molecule has 4 heteroatoms. The molecule has 0 atom stereocenters. The zero-order chi connectivity index (χ0) is 17.0. The Kier molecular flexibility index (Phi) is 5.59. The van der Waals surface area contributed by atoms with Gasteiger partial charge in [0.2, 0.25) is 5.91 Å². The highest BCUT2D eigenvalue weighted by Crippen LogP contribution is 2.16. The van der Waals surface area contributed by atoms with Crippen LogP contribution in [0.5, 0.6) is 0 Å². The Hall–Kier alpha value is -2.10. The highest BCUT2D eigenvalue weighted by atomic mass is 16.2. The number of amides is 1. The molecule has 0 spiro atoms. The van der Waals surface area contributed by atoms with Crippen LogP contribution >= 0.6 is 0 Å². The second-order valence-electron chi connectivity index (χ2n) is 6.64. The van der Waals surface area contributed by atoms with E-state index in [1.54, 1.807) is 4.90 Å². The van der Waals surface area contributed by atoms with E-state index in [0.717, 1.165) is 29.1 Å². The van der Waals surface area contributed by atoms with Gasteiger partial charge in [0.15, 0.2) is 0 Å². The van der Waals surface area contributed by atoms with Crippen molar-refractivity contribution in [3.63, 3.8) is 0 Å². The van der Waals surface area contributed by atoms with Crippen molar-refractivity contribution in [2.45, 2.75) is 47.2 Å². The van der Waals surface area contributed by atoms with Gasteiger partial charge in [-0.15, -0.1) is 0 Å². The molecule has 0 radical (unpaired) electrons. The van der Waals surface area contributed by atoms with E-state index in [2.05, 4.69) is 25.9 Å². The van der Waals surface area contributed by atoms with Gasteiger partial charge in [0.25, 0.3) is 0 Å². The van der Waals surface area contributed by atoms with E-state index >= 15 is 0 Å². The number of nitrogens with zero attached hydrogens (tertiary/aromatic N) is 3. The Balaban J connectivity index is 2.06. The van der Waals surface area contributed by atoms with Gasteiger partial charge >= 0.3 is 0 Å². The summed E-state index contributed by atoms with van der Waals surface area (Å²) in [5.41, 5.74) is 4.28. The molecule has 2 aromatic rings. The summed E-state index contributed by atoms with van der Waals surface area (Å²) in [6, 6.07) is 10.1. The van der Waals surface area contributed by atoms with Gasteiger partial charge in [-0.2, -0.15) is 5.10 Å². The topological polar surface area (TPSA) is 38.1 Å². The fourth-order valence-electron chi connectivity index (χ4n) is 2.75. The number of likely N-dealkylation sites (N-methyl/N-ethyl adjacent to an activating group) is 1. The zero-order valence-electron chi connectivity index (χ0n) is 14.8. The first-order valence-corrected chi connectivity index (χ1v) is 8.19. The molecule has 2 rings (SSSR count). The van der Waals surface area contributed by atoms with E-state index in [4.69, 9.17) is 0 Å². The Labute approximate surface area is 139 Å². The van der Waals surface area contributed by atoms with Crippen molar-refractivity contribution in [3.8, 4) is 0 Å². The molecule has 1 aromatic heterocycles. The number of aryl methyl sites for hydroxylation is 1. The zero-order valence-corrected chi connectivity index (χ0v) is 14.8. The predicted molar refractivity (Wildman–Crippen MR) is 93.2 cm³/mol. The molecule has 4 nitrogen and oxygen atoms in total. The molecule has 0 unspecified atom stereocenters. The molecule has 1 heterocycles. The lowest BCUT2D eigenvalue weighted by atomic mass is 10.1. The van der Waals surface area contributed by atoms with Crippen molar-refractivity contribution in [3.05, 3.63) is 52.8 Å². The first-order valence-electron chi connectivity index (χ1n) is 8.19. The van der Waals surface area contributed by atoms with Crippen LogP contribution < -0.4 is 0 Å². The molecule has 23 heavy (non-hydrogen) atoms. The van der Waals surface area contributed by atoms with E-state index in [-0.39, 0.29) is 5.91 Å². The van der Waals surface area contributed by atoms with Crippen LogP contribution in [-0.4, -0.2) is 27.6 Å². The minimum absolute atomic E-state index is 0.129. The lowest BCUT2D eigenvalue weighted by molar-refractivity contribution is -0.129. The molecule has 0 saturated carbocycles. The molecule has 0 aliphatic carbocycles. The highest BCUT2D eigenvalue weighted by Gasteiger charge is 2.17. The summed E-state index contributed by atoms with van der Waals surface area (Å²) in [5.74, 6) is 0.668. The van der Waals surface area contributed by atoms with Crippen molar-refractivity contribution >= 4 is 5.91 Å². The second-order valence-corrected chi connectivity index (χ2v) is 6.64. The molecular weight excluding hydrogens is 286 g/mol. The second kappa shape index (κ2) is 7.44. The molecule has 0 N–H and O–H groups in total. The van der Waals surface area contributed by atoms with Crippen molar-refractivity contribution in [1.82, 2.24) is 14.7 Å². The minimum atomic E-state index is 0.129. The monoisotopic (exact) mass is 313 g/mol. The average molecular weight is 313 g/mol. The van der Waals surface area contributed by atoms with Crippen LogP contribution in [0.15, 0.2) is 30.3 Å². The lowest BCUT2D eigenvalue weighted by Crippen LogP contribution is -2.28. The maximum absolute atomic E-state index is 12.5. The summed E-state index contributed by atoms with van der Waals surface area (Å²) in [6.07, 6.45) is 0.416. The van der Waals surface area contributed by atoms with Crippen LogP contribution in [0.4, 0.5) is 0 Å². The number of hydrogen-bond acceptors (Lipinski definition) is 2. The van der Waals surface area contributed by atoms with Crippen LogP contribution in [0.3, 0.4) is 0 Å². The standard InChI is InChI=1S/C19H27N3O/c1-14(2)12-22-16(4)18(15(3)20-22)11-19(23)21(5)13-17-9-7-6-8-10-17/h6-10,14H,11-13H2,1-5H3. The number of carbonyl (C=O) groups excluding carboxylic acids is 1. The van der Waals surface area contributed by atoms with Gasteiger partial charge in [0.05, 0.1) is 12.1 Å². The van der Waals surface area contributed by atoms with Gasteiger partial charge in [-0.25, -0.2) is 0 Å². The molecule has 1 aromatic carbocycles. The quantitative estimate of drug-likeness (QED) is 0.820. The van der Waals surface area contributed by atoms with Crippen molar-refractivity contribution in [1.29, 1.82) is 0 Å². The molecule has 0 fully saturated rings. The summed E-state index contributed by atoms with van der Waals surface area (Å²) in [4.78, 5) is 14.3. The fraction of sp³-hybridized carbons (Fsp3) is 0.474. The molecule has 124 valence electrons. The van der Waals surface area contributed by atoms with Gasteiger partial charge in [-0.1, -0.05) is 44.2 Å². The molecule has 0 aliphatic heterocycles. The maximum Gasteiger partial charge on any atom is 0.227 e. The molecule has 0 bridgehead atoms. The summed E-state index contributed by atoms with van der Waals surface area (Å²) < 4.78 is 2.03. The first kappa shape index (κ1) is 17.3. The van der Waals surface area contributed by atoms with Crippen LogP contribution in [-0.2, 0) is 24.3 Å². The highest BCUT2D eigenvalue weighted by molar-refractivity contribution is 5.79. The molecular formula is C19H27N3O. The third-order valence-electron chi connectivity index (χ3n) is 4.09.